The molecule has 8 atom stereocenters. The maximum absolute atomic E-state index is 12.6. The van der Waals surface area contributed by atoms with E-state index in [9.17, 15) is 34.2 Å². The lowest BCUT2D eigenvalue weighted by Crippen LogP contribution is -2.69. The molecule has 0 amide bonds. The van der Waals surface area contributed by atoms with Crippen LogP contribution in [0.4, 0.5) is 0 Å². The maximum Gasteiger partial charge on any atom is 0.306 e. The summed E-state index contributed by atoms with van der Waals surface area (Å²) < 4.78 is 11.3. The fourth-order valence-corrected chi connectivity index (χ4v) is 9.82. The predicted molar refractivity (Wildman–Crippen MR) is 149 cm³/mol. The Morgan fingerprint density at radius 3 is 2.16 bits per heavy atom. The smallest absolute Gasteiger partial charge is 0.306 e. The van der Waals surface area contributed by atoms with Gasteiger partial charge in [0.25, 0.3) is 0 Å². The Balaban J connectivity index is 1.41. The lowest BCUT2D eigenvalue weighted by atomic mass is 9.41. The fourth-order valence-electron chi connectivity index (χ4n) is 9.82. The molecule has 4 saturated carbocycles. The molecule has 5 rings (SSSR count). The molecule has 0 aromatic rings. The number of aliphatic hydroxyl groups is 2. The molecule has 5 aliphatic carbocycles. The van der Waals surface area contributed by atoms with Gasteiger partial charge in [-0.3, -0.25) is 24.0 Å². The molecular weight excluding hydrogens is 560 g/mol. The molecule has 5 aliphatic rings. The highest BCUT2D eigenvalue weighted by molar-refractivity contribution is 5.93. The third kappa shape index (κ3) is 5.52. The van der Waals surface area contributed by atoms with E-state index >= 15 is 0 Å². The van der Waals surface area contributed by atoms with Crippen molar-refractivity contribution in [1.29, 1.82) is 0 Å². The normalized spacial score (nSPS) is 40.1. The summed E-state index contributed by atoms with van der Waals surface area (Å²) in [6, 6.07) is 0. The van der Waals surface area contributed by atoms with E-state index in [0.717, 1.165) is 18.4 Å². The Labute approximate surface area is 251 Å². The highest BCUT2D eigenvalue weighted by atomic mass is 16.5. The second-order valence-electron chi connectivity index (χ2n) is 13.9. The molecule has 6 unspecified atom stereocenters. The van der Waals surface area contributed by atoms with Crippen molar-refractivity contribution in [3.63, 3.8) is 0 Å². The molecule has 43 heavy (non-hydrogen) atoms. The van der Waals surface area contributed by atoms with Crippen molar-refractivity contribution in [3.8, 4) is 0 Å². The summed E-state index contributed by atoms with van der Waals surface area (Å²) >= 11 is 0. The lowest BCUT2D eigenvalue weighted by molar-refractivity contribution is -0.272. The first-order chi connectivity index (χ1) is 20.2. The number of hydrogen-bond acceptors (Lipinski definition) is 9. The van der Waals surface area contributed by atoms with E-state index < -0.39 is 52.0 Å². The van der Waals surface area contributed by atoms with E-state index in [4.69, 9.17) is 19.7 Å². The monoisotopic (exact) mass is 604 g/mol. The number of rotatable bonds is 10. The zero-order valence-corrected chi connectivity index (χ0v) is 24.8. The van der Waals surface area contributed by atoms with Gasteiger partial charge in [0.1, 0.15) is 6.10 Å². The van der Waals surface area contributed by atoms with E-state index in [2.05, 4.69) is 6.92 Å². The minimum Gasteiger partial charge on any atom is -0.481 e. The van der Waals surface area contributed by atoms with Crippen LogP contribution >= 0.6 is 0 Å². The molecule has 11 heteroatoms. The van der Waals surface area contributed by atoms with Crippen LogP contribution in [-0.2, 0) is 33.4 Å². The third-order valence-electron chi connectivity index (χ3n) is 12.0. The Kier molecular flexibility index (Phi) is 8.54. The summed E-state index contributed by atoms with van der Waals surface area (Å²) in [6.45, 7) is 2.01. The van der Waals surface area contributed by atoms with Crippen molar-refractivity contribution < 1.29 is 53.9 Å². The molecule has 238 valence electrons. The second-order valence-corrected chi connectivity index (χ2v) is 13.9. The van der Waals surface area contributed by atoms with Crippen LogP contribution in [0.2, 0.25) is 0 Å². The Morgan fingerprint density at radius 1 is 0.837 bits per heavy atom. The van der Waals surface area contributed by atoms with Gasteiger partial charge in [0.2, 0.25) is 0 Å². The quantitative estimate of drug-likeness (QED) is 0.268. The van der Waals surface area contributed by atoms with Crippen LogP contribution in [0.1, 0.15) is 103 Å². The molecule has 0 radical (unpaired) electrons. The molecule has 0 bridgehead atoms. The lowest BCUT2D eigenvalue weighted by Gasteiger charge is -2.66. The van der Waals surface area contributed by atoms with Crippen molar-refractivity contribution in [1.82, 2.24) is 0 Å². The van der Waals surface area contributed by atoms with E-state index in [1.54, 1.807) is 6.08 Å². The first-order valence-electron chi connectivity index (χ1n) is 15.7. The average Bonchev–Trinajstić information content (AvgIpc) is 3.49. The molecular formula is C32H44O11. The summed E-state index contributed by atoms with van der Waals surface area (Å²) in [7, 11) is 0. The van der Waals surface area contributed by atoms with Gasteiger partial charge in [0.05, 0.1) is 43.5 Å². The largest absolute Gasteiger partial charge is 0.481 e. The summed E-state index contributed by atoms with van der Waals surface area (Å²) in [4.78, 5) is 59.0. The maximum atomic E-state index is 12.6. The second kappa shape index (κ2) is 11.6. The molecule has 4 fully saturated rings. The molecule has 11 nitrogen and oxygen atoms in total. The van der Waals surface area contributed by atoms with Gasteiger partial charge in [0, 0.05) is 23.7 Å². The number of hydrogen-bond donors (Lipinski definition) is 4. The Hall–Kier alpha value is -2.79. The minimum absolute atomic E-state index is 0.106. The van der Waals surface area contributed by atoms with E-state index in [-0.39, 0.29) is 62.2 Å². The standard InChI is InChI=1S/C32H44O11/c1-29-12-9-23-24(32(29,41)15-11-22(29)19-2-3-20(33)16-19)10-14-31(40)17-21(43-28(39)7-5-26(36)37)8-13-30(23,31)18-42-27(38)6-4-25(34)35/h16,21-24,40-41H,2-15,17-18H2,1H3,(H,34,35)(H,36,37)/t21?,22?,23-,24+,29?,30?,31?,32?/m0/s1. The number of carboxylic acid groups (broad SMARTS) is 2. The van der Waals surface area contributed by atoms with Crippen LogP contribution in [0, 0.1) is 28.6 Å². The predicted octanol–water partition coefficient (Wildman–Crippen LogP) is 3.33. The third-order valence-corrected chi connectivity index (χ3v) is 12.0. The van der Waals surface area contributed by atoms with Gasteiger partial charge < -0.3 is 29.9 Å². The van der Waals surface area contributed by atoms with Crippen LogP contribution in [0.3, 0.4) is 0 Å². The van der Waals surface area contributed by atoms with Crippen molar-refractivity contribution >= 4 is 29.7 Å². The molecule has 0 heterocycles. The van der Waals surface area contributed by atoms with Crippen LogP contribution < -0.4 is 0 Å². The number of carbonyl (C=O) groups excluding carboxylic acids is 3. The number of ketones is 1. The van der Waals surface area contributed by atoms with Crippen LogP contribution in [0.25, 0.3) is 0 Å². The molecule has 0 spiro atoms. The van der Waals surface area contributed by atoms with E-state index in [1.807, 2.05) is 0 Å². The highest BCUT2D eigenvalue weighted by Crippen LogP contribution is 2.71. The number of esters is 2. The van der Waals surface area contributed by atoms with Crippen LogP contribution in [-0.4, -0.2) is 74.0 Å². The average molecular weight is 605 g/mol. The highest BCUT2D eigenvalue weighted by Gasteiger charge is 2.71. The summed E-state index contributed by atoms with van der Waals surface area (Å²) in [5.41, 5.74) is -2.65. The summed E-state index contributed by atoms with van der Waals surface area (Å²) in [6.07, 6.45) is 5.51. The van der Waals surface area contributed by atoms with Crippen LogP contribution in [0.5, 0.6) is 0 Å². The Morgan fingerprint density at radius 2 is 1.51 bits per heavy atom. The number of fused-ring (bicyclic) bond motifs is 5. The van der Waals surface area contributed by atoms with Gasteiger partial charge in [-0.15, -0.1) is 0 Å². The number of carboxylic acids is 2. The molecule has 0 aromatic carbocycles. The molecule has 0 aromatic heterocycles. The van der Waals surface area contributed by atoms with Gasteiger partial charge >= 0.3 is 23.9 Å². The summed E-state index contributed by atoms with van der Waals surface area (Å²) in [5, 5.41) is 42.8. The van der Waals surface area contributed by atoms with Crippen molar-refractivity contribution in [2.75, 3.05) is 6.61 Å². The van der Waals surface area contributed by atoms with Gasteiger partial charge in [-0.1, -0.05) is 12.5 Å². The molecule has 4 N–H and O–H groups in total. The van der Waals surface area contributed by atoms with Gasteiger partial charge in [-0.2, -0.15) is 0 Å². The van der Waals surface area contributed by atoms with Crippen molar-refractivity contribution in [3.05, 3.63) is 11.6 Å². The van der Waals surface area contributed by atoms with Gasteiger partial charge in [-0.25, -0.2) is 0 Å². The fraction of sp³-hybridized carbons (Fsp3) is 0.781. The minimum atomic E-state index is -1.38. The molecule has 0 aliphatic heterocycles. The first kappa shape index (κ1) is 31.6. The van der Waals surface area contributed by atoms with Gasteiger partial charge in [-0.05, 0) is 81.6 Å². The van der Waals surface area contributed by atoms with Crippen LogP contribution in [0.15, 0.2) is 11.6 Å². The first-order valence-corrected chi connectivity index (χ1v) is 15.7. The van der Waals surface area contributed by atoms with E-state index in [0.29, 0.717) is 51.4 Å². The zero-order chi connectivity index (χ0) is 31.2. The molecule has 0 saturated heterocycles. The zero-order valence-electron chi connectivity index (χ0n) is 24.8. The van der Waals surface area contributed by atoms with Gasteiger partial charge in [0.15, 0.2) is 5.78 Å². The van der Waals surface area contributed by atoms with E-state index in [1.165, 1.54) is 0 Å². The number of carbonyl (C=O) groups is 5. The number of ether oxygens (including phenoxy) is 2. The topological polar surface area (TPSA) is 185 Å². The summed E-state index contributed by atoms with van der Waals surface area (Å²) in [5.74, 6) is -3.66. The van der Waals surface area contributed by atoms with Crippen molar-refractivity contribution in [2.24, 2.45) is 28.6 Å². The van der Waals surface area contributed by atoms with Crippen molar-refractivity contribution in [2.45, 2.75) is 121 Å². The number of aliphatic carboxylic acids is 2. The Bertz CT molecular complexity index is 1210. The number of allylic oxidation sites excluding steroid dienone is 2. The SMILES string of the molecule is CC12CC[C@H]3[C@@H](CCC4(O)CC(OC(=O)CCC(=O)O)CCC34COC(=O)CCC(=O)O)C1(O)CCC2C1=CC(=O)CC1.